The molecule has 0 aliphatic carbocycles. The molecule has 0 saturated carbocycles. The van der Waals surface area contributed by atoms with Crippen LogP contribution in [0, 0.1) is 0 Å². The van der Waals surface area contributed by atoms with E-state index in [-0.39, 0.29) is 0 Å². The molecule has 0 heterocycles. The van der Waals surface area contributed by atoms with Gasteiger partial charge in [0.05, 0.1) is 0 Å². The summed E-state index contributed by atoms with van der Waals surface area (Å²) in [7, 11) is 3.12. The van der Waals surface area contributed by atoms with Gasteiger partial charge in [0.15, 0.2) is 6.29 Å². The number of carboxylic acid groups (broad SMARTS) is 1. The first kappa shape index (κ1) is 12.4. The van der Waals surface area contributed by atoms with Crippen molar-refractivity contribution in [3.05, 3.63) is 41.5 Å². The zero-order valence-corrected chi connectivity index (χ0v) is 9.21. The maximum absolute atomic E-state index is 10.3. The van der Waals surface area contributed by atoms with Crippen molar-refractivity contribution >= 4 is 12.0 Å². The molecule has 0 aliphatic heterocycles. The number of benzene rings is 1. The van der Waals surface area contributed by atoms with Gasteiger partial charge >= 0.3 is 5.97 Å². The SMILES string of the molecule is COC(OC)c1ccc(C=CC(=O)O)cc1. The summed E-state index contributed by atoms with van der Waals surface area (Å²) in [6.07, 6.45) is 2.23. The van der Waals surface area contributed by atoms with Crippen molar-refractivity contribution in [3.63, 3.8) is 0 Å². The average molecular weight is 222 g/mol. The molecule has 1 aromatic carbocycles. The Morgan fingerprint density at radius 2 is 1.81 bits per heavy atom. The fourth-order valence-electron chi connectivity index (χ4n) is 1.30. The van der Waals surface area contributed by atoms with Crippen LogP contribution < -0.4 is 0 Å². The van der Waals surface area contributed by atoms with Gasteiger partial charge in [-0.2, -0.15) is 0 Å². The topological polar surface area (TPSA) is 55.8 Å². The van der Waals surface area contributed by atoms with E-state index in [2.05, 4.69) is 0 Å². The standard InChI is InChI=1S/C12H14O4/c1-15-12(16-2)10-6-3-9(4-7-10)5-8-11(13)14/h3-8,12H,1-2H3,(H,13,14). The van der Waals surface area contributed by atoms with Gasteiger partial charge in [-0.1, -0.05) is 24.3 Å². The second-order valence-electron chi connectivity index (χ2n) is 3.14. The third kappa shape index (κ3) is 3.49. The fourth-order valence-corrected chi connectivity index (χ4v) is 1.30. The smallest absolute Gasteiger partial charge is 0.328 e. The van der Waals surface area contributed by atoms with Gasteiger partial charge in [-0.05, 0) is 11.6 Å². The molecule has 0 unspecified atom stereocenters. The minimum atomic E-state index is -0.962. The van der Waals surface area contributed by atoms with E-state index >= 15 is 0 Å². The van der Waals surface area contributed by atoms with E-state index in [0.29, 0.717) is 0 Å². The van der Waals surface area contributed by atoms with Gasteiger partial charge in [0.1, 0.15) is 0 Å². The van der Waals surface area contributed by atoms with Crippen molar-refractivity contribution in [1.82, 2.24) is 0 Å². The highest BCUT2D eigenvalue weighted by atomic mass is 16.7. The predicted molar refractivity (Wildman–Crippen MR) is 59.9 cm³/mol. The van der Waals surface area contributed by atoms with Crippen LogP contribution in [0.4, 0.5) is 0 Å². The third-order valence-electron chi connectivity index (χ3n) is 2.06. The van der Waals surface area contributed by atoms with Crippen LogP contribution in [-0.4, -0.2) is 25.3 Å². The summed E-state index contributed by atoms with van der Waals surface area (Å²) in [6.45, 7) is 0. The van der Waals surface area contributed by atoms with Crippen LogP contribution in [0.3, 0.4) is 0 Å². The van der Waals surface area contributed by atoms with Gasteiger partial charge in [0.25, 0.3) is 0 Å². The van der Waals surface area contributed by atoms with Crippen LogP contribution in [-0.2, 0) is 14.3 Å². The second-order valence-corrected chi connectivity index (χ2v) is 3.14. The zero-order chi connectivity index (χ0) is 12.0. The lowest BCUT2D eigenvalue weighted by atomic mass is 10.1. The van der Waals surface area contributed by atoms with Crippen LogP contribution >= 0.6 is 0 Å². The number of methoxy groups -OCH3 is 2. The van der Waals surface area contributed by atoms with Crippen molar-refractivity contribution in [3.8, 4) is 0 Å². The summed E-state index contributed by atoms with van der Waals surface area (Å²) in [5.41, 5.74) is 1.70. The van der Waals surface area contributed by atoms with E-state index in [9.17, 15) is 4.79 Å². The van der Waals surface area contributed by atoms with Crippen molar-refractivity contribution in [2.75, 3.05) is 14.2 Å². The maximum Gasteiger partial charge on any atom is 0.328 e. The number of ether oxygens (including phenoxy) is 2. The summed E-state index contributed by atoms with van der Waals surface area (Å²) in [4.78, 5) is 10.3. The number of carboxylic acids is 1. The molecule has 0 aliphatic rings. The van der Waals surface area contributed by atoms with E-state index in [0.717, 1.165) is 17.2 Å². The summed E-state index contributed by atoms with van der Waals surface area (Å²) in [6, 6.07) is 7.28. The Kier molecular flexibility index (Phi) is 4.69. The molecule has 0 atom stereocenters. The molecule has 0 bridgehead atoms. The van der Waals surface area contributed by atoms with Gasteiger partial charge < -0.3 is 14.6 Å². The highest BCUT2D eigenvalue weighted by Crippen LogP contribution is 2.17. The lowest BCUT2D eigenvalue weighted by Crippen LogP contribution is -2.03. The predicted octanol–water partition coefficient (Wildman–Crippen LogP) is 2.08. The Morgan fingerprint density at radius 1 is 1.25 bits per heavy atom. The van der Waals surface area contributed by atoms with Crippen LogP contribution in [0.15, 0.2) is 30.3 Å². The monoisotopic (exact) mass is 222 g/mol. The highest BCUT2D eigenvalue weighted by Gasteiger charge is 2.07. The number of rotatable bonds is 5. The largest absolute Gasteiger partial charge is 0.478 e. The van der Waals surface area contributed by atoms with E-state index < -0.39 is 12.3 Å². The molecule has 0 aromatic heterocycles. The van der Waals surface area contributed by atoms with Crippen molar-refractivity contribution in [2.24, 2.45) is 0 Å². The van der Waals surface area contributed by atoms with Crippen LogP contribution in [0.5, 0.6) is 0 Å². The molecule has 1 aromatic rings. The summed E-state index contributed by atoms with van der Waals surface area (Å²) in [5, 5.41) is 8.47. The minimum absolute atomic E-state index is 0.391. The average Bonchev–Trinajstić information content (AvgIpc) is 2.29. The Hall–Kier alpha value is -1.65. The Labute approximate surface area is 94.1 Å². The number of hydrogen-bond donors (Lipinski definition) is 1. The quantitative estimate of drug-likeness (QED) is 0.612. The molecule has 0 amide bonds. The molecule has 0 radical (unpaired) electrons. The van der Waals surface area contributed by atoms with Crippen LogP contribution in [0.2, 0.25) is 0 Å². The molecule has 1 rings (SSSR count). The Bertz CT molecular complexity index is 363. The molecular formula is C12H14O4. The second kappa shape index (κ2) is 6.05. The fraction of sp³-hybridized carbons (Fsp3) is 0.250. The molecule has 0 fully saturated rings. The summed E-state index contributed by atoms with van der Waals surface area (Å²) in [5.74, 6) is -0.962. The highest BCUT2D eigenvalue weighted by molar-refractivity contribution is 5.85. The molecule has 0 saturated heterocycles. The summed E-state index contributed by atoms with van der Waals surface area (Å²) < 4.78 is 10.2. The van der Waals surface area contributed by atoms with E-state index in [1.807, 2.05) is 12.1 Å². The number of hydrogen-bond acceptors (Lipinski definition) is 3. The van der Waals surface area contributed by atoms with Crippen LogP contribution in [0.25, 0.3) is 6.08 Å². The van der Waals surface area contributed by atoms with E-state index in [4.69, 9.17) is 14.6 Å². The Balaban J connectivity index is 2.78. The molecule has 16 heavy (non-hydrogen) atoms. The van der Waals surface area contributed by atoms with Gasteiger partial charge in [-0.3, -0.25) is 0 Å². The molecular weight excluding hydrogens is 208 g/mol. The molecule has 86 valence electrons. The van der Waals surface area contributed by atoms with Crippen molar-refractivity contribution < 1.29 is 19.4 Å². The van der Waals surface area contributed by atoms with Gasteiger partial charge in [0, 0.05) is 25.9 Å². The van der Waals surface area contributed by atoms with Gasteiger partial charge in [-0.25, -0.2) is 4.79 Å². The first-order valence-corrected chi connectivity index (χ1v) is 4.74. The van der Waals surface area contributed by atoms with Crippen molar-refractivity contribution in [1.29, 1.82) is 0 Å². The number of aliphatic carboxylic acids is 1. The first-order chi connectivity index (χ1) is 7.67. The van der Waals surface area contributed by atoms with Crippen molar-refractivity contribution in [2.45, 2.75) is 6.29 Å². The third-order valence-corrected chi connectivity index (χ3v) is 2.06. The lowest BCUT2D eigenvalue weighted by Gasteiger charge is -2.13. The zero-order valence-electron chi connectivity index (χ0n) is 9.21. The normalized spacial score (nSPS) is 11.2. The first-order valence-electron chi connectivity index (χ1n) is 4.74. The minimum Gasteiger partial charge on any atom is -0.478 e. The maximum atomic E-state index is 10.3. The van der Waals surface area contributed by atoms with Crippen LogP contribution in [0.1, 0.15) is 17.4 Å². The molecule has 4 nitrogen and oxygen atoms in total. The molecule has 4 heteroatoms. The van der Waals surface area contributed by atoms with E-state index in [1.54, 1.807) is 26.4 Å². The lowest BCUT2D eigenvalue weighted by molar-refractivity contribution is -0.131. The van der Waals surface area contributed by atoms with Gasteiger partial charge in [-0.15, -0.1) is 0 Å². The summed E-state index contributed by atoms with van der Waals surface area (Å²) >= 11 is 0. The van der Waals surface area contributed by atoms with Gasteiger partial charge in [0.2, 0.25) is 0 Å². The van der Waals surface area contributed by atoms with E-state index in [1.165, 1.54) is 6.08 Å². The molecule has 0 spiro atoms. The number of carbonyl (C=O) groups is 1. The Morgan fingerprint density at radius 3 is 2.25 bits per heavy atom. The molecule has 1 N–H and O–H groups in total.